The summed E-state index contributed by atoms with van der Waals surface area (Å²) in [7, 11) is 0. The maximum Gasteiger partial charge on any atom is 0.123 e. The number of rotatable bonds is 2. The van der Waals surface area contributed by atoms with Gasteiger partial charge in [0.15, 0.2) is 0 Å². The minimum atomic E-state index is -0.692. The smallest absolute Gasteiger partial charge is 0.123 e. The molecule has 5 nitrogen and oxygen atoms in total. The second-order valence-electron chi connectivity index (χ2n) is 4.16. The zero-order valence-electron chi connectivity index (χ0n) is 9.39. The lowest BCUT2D eigenvalue weighted by Crippen LogP contribution is -2.15. The van der Waals surface area contributed by atoms with E-state index in [9.17, 15) is 5.11 Å². The third-order valence-electron chi connectivity index (χ3n) is 3.09. The Hall–Kier alpha value is -1.88. The lowest BCUT2D eigenvalue weighted by molar-refractivity contribution is 0.202. The highest BCUT2D eigenvalue weighted by molar-refractivity contribution is 7.17. The van der Waals surface area contributed by atoms with Gasteiger partial charge in [0.05, 0.1) is 12.1 Å². The molecule has 0 saturated heterocycles. The molecule has 0 saturated carbocycles. The number of azide groups is 1. The number of hydrogen-bond donors (Lipinski definition) is 1. The normalized spacial score (nSPS) is 22.8. The zero-order valence-corrected chi connectivity index (χ0v) is 10.2. The van der Waals surface area contributed by atoms with Crippen LogP contribution in [0.3, 0.4) is 0 Å². The van der Waals surface area contributed by atoms with Gasteiger partial charge in [0, 0.05) is 21.9 Å². The van der Waals surface area contributed by atoms with Gasteiger partial charge in [0.2, 0.25) is 0 Å². The van der Waals surface area contributed by atoms with Gasteiger partial charge in [-0.25, -0.2) is 4.98 Å². The van der Waals surface area contributed by atoms with E-state index in [4.69, 9.17) is 5.53 Å². The van der Waals surface area contributed by atoms with Crippen molar-refractivity contribution in [1.82, 2.24) is 4.98 Å². The molecule has 2 unspecified atom stereocenters. The molecule has 1 N–H and O–H groups in total. The standard InChI is InChI=1S/C12H10N4OS/c13-16-15-10-4-7(5-11(10)17)9-6-18-12-8(9)2-1-3-14-12/h1-3,5-6,10-11,17H,4H2. The average Bonchev–Trinajstić information content (AvgIpc) is 2.94. The van der Waals surface area contributed by atoms with Crippen molar-refractivity contribution in [1.29, 1.82) is 0 Å². The van der Waals surface area contributed by atoms with Crippen LogP contribution in [-0.2, 0) is 0 Å². The van der Waals surface area contributed by atoms with Crippen molar-refractivity contribution in [2.24, 2.45) is 5.11 Å². The molecule has 0 aliphatic heterocycles. The van der Waals surface area contributed by atoms with Crippen molar-refractivity contribution in [3.8, 4) is 0 Å². The Kier molecular flexibility index (Phi) is 2.76. The Morgan fingerprint density at radius 2 is 2.44 bits per heavy atom. The summed E-state index contributed by atoms with van der Waals surface area (Å²) < 4.78 is 0. The monoisotopic (exact) mass is 258 g/mol. The van der Waals surface area contributed by atoms with E-state index in [2.05, 4.69) is 15.0 Å². The van der Waals surface area contributed by atoms with E-state index in [0.717, 1.165) is 21.4 Å². The molecule has 3 rings (SSSR count). The molecule has 90 valence electrons. The summed E-state index contributed by atoms with van der Waals surface area (Å²) in [6.45, 7) is 0. The molecular formula is C12H10N4OS. The first-order chi connectivity index (χ1) is 8.79. The summed E-state index contributed by atoms with van der Waals surface area (Å²) in [4.78, 5) is 8.04. The van der Waals surface area contributed by atoms with Crippen LogP contribution in [0.2, 0.25) is 0 Å². The van der Waals surface area contributed by atoms with E-state index in [1.807, 2.05) is 17.5 Å². The molecule has 1 aliphatic carbocycles. The minimum absolute atomic E-state index is 0.392. The van der Waals surface area contributed by atoms with Crippen molar-refractivity contribution in [2.45, 2.75) is 18.6 Å². The van der Waals surface area contributed by atoms with Crippen molar-refractivity contribution >= 4 is 27.1 Å². The Balaban J connectivity index is 2.02. The molecule has 0 spiro atoms. The number of aliphatic hydroxyl groups is 1. The van der Waals surface area contributed by atoms with Gasteiger partial charge in [-0.2, -0.15) is 0 Å². The summed E-state index contributed by atoms with van der Waals surface area (Å²) in [6, 6.07) is 3.52. The molecule has 0 aromatic carbocycles. The predicted molar refractivity (Wildman–Crippen MR) is 71.2 cm³/mol. The third-order valence-corrected chi connectivity index (χ3v) is 3.99. The van der Waals surface area contributed by atoms with Crippen LogP contribution in [0.5, 0.6) is 0 Å². The van der Waals surface area contributed by atoms with Crippen molar-refractivity contribution in [3.05, 3.63) is 45.8 Å². The molecule has 2 aromatic heterocycles. The predicted octanol–water partition coefficient (Wildman–Crippen LogP) is 3.12. The Morgan fingerprint density at radius 3 is 3.28 bits per heavy atom. The largest absolute Gasteiger partial charge is 0.389 e. The summed E-state index contributed by atoms with van der Waals surface area (Å²) >= 11 is 1.58. The highest BCUT2D eigenvalue weighted by atomic mass is 32.1. The maximum absolute atomic E-state index is 9.81. The van der Waals surface area contributed by atoms with Crippen LogP contribution in [-0.4, -0.2) is 22.2 Å². The molecule has 0 amide bonds. The van der Waals surface area contributed by atoms with Crippen LogP contribution in [0.25, 0.3) is 26.2 Å². The lowest BCUT2D eigenvalue weighted by Gasteiger charge is -2.05. The number of thiophene rings is 1. The molecule has 2 heterocycles. The molecule has 1 aliphatic rings. The number of nitrogens with zero attached hydrogens (tertiary/aromatic N) is 4. The summed E-state index contributed by atoms with van der Waals surface area (Å²) in [5.41, 5.74) is 10.6. The highest BCUT2D eigenvalue weighted by Gasteiger charge is 2.26. The molecule has 2 atom stereocenters. The Labute approximate surface area is 107 Å². The van der Waals surface area contributed by atoms with E-state index in [0.29, 0.717) is 6.42 Å². The van der Waals surface area contributed by atoms with Gasteiger partial charge in [-0.05, 0) is 35.2 Å². The van der Waals surface area contributed by atoms with E-state index >= 15 is 0 Å². The van der Waals surface area contributed by atoms with Gasteiger partial charge in [-0.15, -0.1) is 11.3 Å². The SMILES string of the molecule is [N-]=[N+]=NC1CC(c2csc3ncccc23)=CC1O. The molecule has 0 radical (unpaired) electrons. The van der Waals surface area contributed by atoms with E-state index in [1.54, 1.807) is 23.6 Å². The fraction of sp³-hybridized carbons (Fsp3) is 0.250. The summed E-state index contributed by atoms with van der Waals surface area (Å²) in [5, 5.41) is 16.5. The Morgan fingerprint density at radius 1 is 1.56 bits per heavy atom. The number of aromatic nitrogens is 1. The Bertz CT molecular complexity index is 672. The van der Waals surface area contributed by atoms with Crippen molar-refractivity contribution in [3.63, 3.8) is 0 Å². The van der Waals surface area contributed by atoms with Crippen molar-refractivity contribution in [2.75, 3.05) is 0 Å². The summed E-state index contributed by atoms with van der Waals surface area (Å²) in [5.74, 6) is 0. The zero-order chi connectivity index (χ0) is 12.5. The van der Waals surface area contributed by atoms with E-state index < -0.39 is 12.1 Å². The second kappa shape index (κ2) is 4.42. The van der Waals surface area contributed by atoms with Gasteiger partial charge in [-0.3, -0.25) is 0 Å². The van der Waals surface area contributed by atoms with Crippen LogP contribution < -0.4 is 0 Å². The van der Waals surface area contributed by atoms with Gasteiger partial charge in [0.1, 0.15) is 4.83 Å². The number of aliphatic hydroxyl groups excluding tert-OH is 1. The number of pyridine rings is 1. The topological polar surface area (TPSA) is 81.9 Å². The first-order valence-electron chi connectivity index (χ1n) is 5.55. The second-order valence-corrected chi connectivity index (χ2v) is 5.02. The van der Waals surface area contributed by atoms with Gasteiger partial charge >= 0.3 is 0 Å². The number of hydrogen-bond acceptors (Lipinski definition) is 4. The van der Waals surface area contributed by atoms with Crippen LogP contribution >= 0.6 is 11.3 Å². The van der Waals surface area contributed by atoms with Crippen LogP contribution in [0.1, 0.15) is 12.0 Å². The van der Waals surface area contributed by atoms with Gasteiger partial charge < -0.3 is 5.11 Å². The van der Waals surface area contributed by atoms with Gasteiger partial charge in [0.25, 0.3) is 0 Å². The average molecular weight is 258 g/mol. The van der Waals surface area contributed by atoms with Gasteiger partial charge in [-0.1, -0.05) is 11.2 Å². The maximum atomic E-state index is 9.81. The molecule has 2 aromatic rings. The fourth-order valence-corrected chi connectivity index (χ4v) is 3.16. The summed E-state index contributed by atoms with van der Waals surface area (Å²) in [6.07, 6.45) is 3.42. The fourth-order valence-electron chi connectivity index (χ4n) is 2.22. The highest BCUT2D eigenvalue weighted by Crippen LogP contribution is 2.36. The molecule has 6 heteroatoms. The van der Waals surface area contributed by atoms with Crippen LogP contribution in [0.4, 0.5) is 0 Å². The third kappa shape index (κ3) is 1.76. The molecule has 18 heavy (non-hydrogen) atoms. The molecule has 0 fully saturated rings. The van der Waals surface area contributed by atoms with E-state index in [1.165, 1.54) is 0 Å². The number of fused-ring (bicyclic) bond motifs is 1. The quantitative estimate of drug-likeness (QED) is 0.510. The minimum Gasteiger partial charge on any atom is -0.389 e. The lowest BCUT2D eigenvalue weighted by atomic mass is 10.1. The molecule has 0 bridgehead atoms. The first-order valence-corrected chi connectivity index (χ1v) is 6.43. The van der Waals surface area contributed by atoms with Crippen LogP contribution in [0, 0.1) is 0 Å². The van der Waals surface area contributed by atoms with Crippen LogP contribution in [0.15, 0.2) is 34.9 Å². The first kappa shape index (κ1) is 11.2. The van der Waals surface area contributed by atoms with E-state index in [-0.39, 0.29) is 0 Å². The van der Waals surface area contributed by atoms with Crippen molar-refractivity contribution < 1.29 is 5.11 Å². The molecular weight excluding hydrogens is 248 g/mol.